The number of halogens is 3. The van der Waals surface area contributed by atoms with Crippen LogP contribution in [0.2, 0.25) is 0 Å². The van der Waals surface area contributed by atoms with Gasteiger partial charge >= 0.3 is 0 Å². The SMILES string of the molecule is CC1(C)OC2C=C(F)C(N3CNc4c(F)ncc(F)c43)C2O1. The number of anilines is 2. The fourth-order valence-electron chi connectivity index (χ4n) is 3.30. The maximum Gasteiger partial charge on any atom is 0.238 e. The Bertz CT molecular complexity index is 680. The molecule has 118 valence electrons. The minimum Gasteiger partial charge on any atom is -0.362 e. The Hall–Kier alpha value is -1.80. The third kappa shape index (κ3) is 1.83. The summed E-state index contributed by atoms with van der Waals surface area (Å²) in [5.41, 5.74) is -0.0931. The van der Waals surface area contributed by atoms with Gasteiger partial charge < -0.3 is 19.7 Å². The van der Waals surface area contributed by atoms with Crippen molar-refractivity contribution in [3.8, 4) is 0 Å². The molecule has 0 bridgehead atoms. The summed E-state index contributed by atoms with van der Waals surface area (Å²) in [6.07, 6.45) is 0.965. The summed E-state index contributed by atoms with van der Waals surface area (Å²) in [7, 11) is 0. The van der Waals surface area contributed by atoms with Crippen LogP contribution in [0.15, 0.2) is 18.1 Å². The zero-order chi connectivity index (χ0) is 15.6. The van der Waals surface area contributed by atoms with Crippen molar-refractivity contribution in [1.29, 1.82) is 0 Å². The first-order valence-corrected chi connectivity index (χ1v) is 6.95. The molecule has 3 heterocycles. The number of hydrogen-bond donors (Lipinski definition) is 1. The van der Waals surface area contributed by atoms with Crippen LogP contribution in [0.3, 0.4) is 0 Å². The van der Waals surface area contributed by atoms with E-state index in [1.54, 1.807) is 13.8 Å². The summed E-state index contributed by atoms with van der Waals surface area (Å²) < 4.78 is 53.4. The average Bonchev–Trinajstić information content (AvgIpc) is 3.04. The Labute approximate surface area is 124 Å². The number of nitrogens with zero attached hydrogens (tertiary/aromatic N) is 2. The van der Waals surface area contributed by atoms with E-state index in [4.69, 9.17) is 9.47 Å². The van der Waals surface area contributed by atoms with Gasteiger partial charge in [-0.3, -0.25) is 0 Å². The Kier molecular flexibility index (Phi) is 2.74. The third-order valence-electron chi connectivity index (χ3n) is 4.09. The van der Waals surface area contributed by atoms with Crippen LogP contribution >= 0.6 is 0 Å². The topological polar surface area (TPSA) is 46.6 Å². The first-order valence-electron chi connectivity index (χ1n) is 6.95. The van der Waals surface area contributed by atoms with E-state index in [-0.39, 0.29) is 18.0 Å². The Morgan fingerprint density at radius 1 is 1.32 bits per heavy atom. The summed E-state index contributed by atoms with van der Waals surface area (Å²) >= 11 is 0. The van der Waals surface area contributed by atoms with Crippen LogP contribution in [-0.2, 0) is 9.47 Å². The van der Waals surface area contributed by atoms with Crippen LogP contribution in [-0.4, -0.2) is 35.7 Å². The van der Waals surface area contributed by atoms with Crippen LogP contribution in [0.5, 0.6) is 0 Å². The zero-order valence-corrected chi connectivity index (χ0v) is 11.9. The molecule has 3 atom stereocenters. The monoisotopic (exact) mass is 313 g/mol. The normalized spacial score (nSPS) is 31.8. The number of fused-ring (bicyclic) bond motifs is 2. The van der Waals surface area contributed by atoms with Gasteiger partial charge in [0.05, 0.1) is 12.9 Å². The zero-order valence-electron chi connectivity index (χ0n) is 11.9. The number of rotatable bonds is 1. The van der Waals surface area contributed by atoms with Crippen LogP contribution in [0.4, 0.5) is 24.5 Å². The van der Waals surface area contributed by atoms with Gasteiger partial charge in [0.1, 0.15) is 35.5 Å². The predicted octanol–water partition coefficient (Wildman–Crippen LogP) is 2.30. The Balaban J connectivity index is 1.74. The lowest BCUT2D eigenvalue weighted by Crippen LogP contribution is -2.45. The lowest BCUT2D eigenvalue weighted by atomic mass is 10.1. The van der Waals surface area contributed by atoms with E-state index in [0.29, 0.717) is 0 Å². The van der Waals surface area contributed by atoms with Gasteiger partial charge in [0.15, 0.2) is 11.6 Å². The van der Waals surface area contributed by atoms with E-state index in [1.807, 2.05) is 0 Å². The summed E-state index contributed by atoms with van der Waals surface area (Å²) in [5, 5.41) is 2.72. The molecule has 0 saturated carbocycles. The molecule has 1 aromatic heterocycles. The predicted molar refractivity (Wildman–Crippen MR) is 71.9 cm³/mol. The van der Waals surface area contributed by atoms with Crippen LogP contribution in [0.25, 0.3) is 0 Å². The molecule has 0 spiro atoms. The van der Waals surface area contributed by atoms with Crippen LogP contribution < -0.4 is 10.2 Å². The second-order valence-corrected chi connectivity index (χ2v) is 5.99. The second-order valence-electron chi connectivity index (χ2n) is 5.99. The van der Waals surface area contributed by atoms with E-state index in [2.05, 4.69) is 10.3 Å². The summed E-state index contributed by atoms with van der Waals surface area (Å²) in [6, 6.07) is -0.864. The van der Waals surface area contributed by atoms with Crippen molar-refractivity contribution in [1.82, 2.24) is 4.98 Å². The average molecular weight is 313 g/mol. The van der Waals surface area contributed by atoms with Crippen LogP contribution in [0, 0.1) is 11.8 Å². The van der Waals surface area contributed by atoms with Gasteiger partial charge in [-0.05, 0) is 19.9 Å². The highest BCUT2D eigenvalue weighted by atomic mass is 19.1. The minimum absolute atomic E-state index is 0.0324. The summed E-state index contributed by atoms with van der Waals surface area (Å²) in [5.74, 6) is -2.85. The van der Waals surface area contributed by atoms with E-state index in [1.165, 1.54) is 11.0 Å². The minimum atomic E-state index is -0.864. The highest BCUT2D eigenvalue weighted by Gasteiger charge is 2.53. The molecule has 22 heavy (non-hydrogen) atoms. The highest BCUT2D eigenvalue weighted by Crippen LogP contribution is 2.45. The molecule has 1 aromatic rings. The molecule has 3 aliphatic rings. The Morgan fingerprint density at radius 3 is 2.86 bits per heavy atom. The smallest absolute Gasteiger partial charge is 0.238 e. The molecule has 0 amide bonds. The van der Waals surface area contributed by atoms with Crippen molar-refractivity contribution >= 4 is 11.4 Å². The number of nitrogens with one attached hydrogen (secondary N) is 1. The van der Waals surface area contributed by atoms with E-state index in [9.17, 15) is 13.2 Å². The summed E-state index contributed by atoms with van der Waals surface area (Å²) in [4.78, 5) is 4.74. The van der Waals surface area contributed by atoms with Crippen molar-refractivity contribution in [2.75, 3.05) is 16.9 Å². The maximum absolute atomic E-state index is 14.3. The number of aromatic nitrogens is 1. The molecule has 4 rings (SSSR count). The van der Waals surface area contributed by atoms with Crippen molar-refractivity contribution < 1.29 is 22.6 Å². The van der Waals surface area contributed by atoms with Crippen LogP contribution in [0.1, 0.15) is 13.8 Å². The molecular weight excluding hydrogens is 299 g/mol. The van der Waals surface area contributed by atoms with E-state index < -0.39 is 41.6 Å². The fraction of sp³-hybridized carbons (Fsp3) is 0.500. The van der Waals surface area contributed by atoms with E-state index >= 15 is 0 Å². The molecule has 0 radical (unpaired) electrons. The largest absolute Gasteiger partial charge is 0.362 e. The molecular formula is C14H14F3N3O2. The molecule has 1 fully saturated rings. The molecule has 1 N–H and O–H groups in total. The van der Waals surface area contributed by atoms with Crippen molar-refractivity contribution in [2.45, 2.75) is 37.9 Å². The lowest BCUT2D eigenvalue weighted by Gasteiger charge is -2.30. The van der Waals surface area contributed by atoms with Crippen molar-refractivity contribution in [3.05, 3.63) is 29.9 Å². The van der Waals surface area contributed by atoms with Gasteiger partial charge in [0.2, 0.25) is 5.95 Å². The number of hydrogen-bond acceptors (Lipinski definition) is 5. The second kappa shape index (κ2) is 4.36. The van der Waals surface area contributed by atoms with E-state index in [0.717, 1.165) is 6.20 Å². The molecule has 2 aliphatic heterocycles. The highest BCUT2D eigenvalue weighted by molar-refractivity contribution is 5.76. The van der Waals surface area contributed by atoms with Gasteiger partial charge in [0.25, 0.3) is 0 Å². The number of pyridine rings is 1. The standard InChI is InChI=1S/C14H14F3N3O2/c1-14(2)21-8-3-6(15)11(12(8)22-14)20-5-19-9-10(20)7(16)4-18-13(9)17/h3-4,8,11-12,19H,5H2,1-2H3. The quantitative estimate of drug-likeness (QED) is 0.806. The first-order chi connectivity index (χ1) is 10.4. The molecule has 5 nitrogen and oxygen atoms in total. The van der Waals surface area contributed by atoms with Gasteiger partial charge in [-0.2, -0.15) is 4.39 Å². The molecule has 3 unspecified atom stereocenters. The van der Waals surface area contributed by atoms with Gasteiger partial charge in [-0.15, -0.1) is 0 Å². The third-order valence-corrected chi connectivity index (χ3v) is 4.09. The molecule has 1 aliphatic carbocycles. The fourth-order valence-corrected chi connectivity index (χ4v) is 3.30. The molecule has 1 saturated heterocycles. The number of ether oxygens (including phenoxy) is 2. The van der Waals surface area contributed by atoms with Gasteiger partial charge in [-0.25, -0.2) is 13.8 Å². The molecule has 0 aromatic carbocycles. The molecule has 8 heteroatoms. The lowest BCUT2D eigenvalue weighted by molar-refractivity contribution is -0.146. The summed E-state index contributed by atoms with van der Waals surface area (Å²) in [6.45, 7) is 3.52. The van der Waals surface area contributed by atoms with Crippen molar-refractivity contribution in [3.63, 3.8) is 0 Å². The van der Waals surface area contributed by atoms with Crippen molar-refractivity contribution in [2.24, 2.45) is 0 Å². The van der Waals surface area contributed by atoms with Gasteiger partial charge in [-0.1, -0.05) is 0 Å². The maximum atomic E-state index is 14.3. The van der Waals surface area contributed by atoms with Gasteiger partial charge in [0, 0.05) is 0 Å². The Morgan fingerprint density at radius 2 is 2.09 bits per heavy atom. The first kappa shape index (κ1) is 13.8.